The second kappa shape index (κ2) is 6.31. The number of hydrogen-bond donors (Lipinski definition) is 0. The number of rotatable bonds is 1. The van der Waals surface area contributed by atoms with E-state index in [1.807, 2.05) is 18.2 Å². The number of hydrogen-bond acceptors (Lipinski definition) is 1. The maximum atomic E-state index is 4.92. The number of allylic oxidation sites excluding steroid dienone is 1. The zero-order chi connectivity index (χ0) is 15.7. The normalized spacial score (nSPS) is 18.5. The Kier molecular flexibility index (Phi) is 4.58. The molecule has 3 heteroatoms. The zero-order valence-electron chi connectivity index (χ0n) is 12.9. The Labute approximate surface area is 152 Å². The van der Waals surface area contributed by atoms with Gasteiger partial charge in [0.1, 0.15) is 0 Å². The van der Waals surface area contributed by atoms with Gasteiger partial charge in [0.25, 0.3) is 0 Å². The van der Waals surface area contributed by atoms with E-state index in [0.717, 1.165) is 5.69 Å². The first-order chi connectivity index (χ1) is 10.5. The van der Waals surface area contributed by atoms with Gasteiger partial charge < -0.3 is 0 Å². The quantitative estimate of drug-likeness (QED) is 0.382. The number of aliphatic imine (C=N–C) groups is 1. The first kappa shape index (κ1) is 16.0. The molecule has 0 aromatic heterocycles. The van der Waals surface area contributed by atoms with Crippen LogP contribution in [0.15, 0.2) is 63.2 Å². The number of halogens is 1. The number of fused-ring (bicyclic) bond motifs is 1. The van der Waals surface area contributed by atoms with Crippen molar-refractivity contribution in [1.82, 2.24) is 0 Å². The molecule has 0 saturated carbocycles. The van der Waals surface area contributed by atoms with Gasteiger partial charge in [-0.2, -0.15) is 0 Å². The van der Waals surface area contributed by atoms with Crippen LogP contribution in [0.5, 0.6) is 0 Å². The van der Waals surface area contributed by atoms with E-state index in [-0.39, 0.29) is 20.4 Å². The molecule has 1 aliphatic rings. The molecule has 0 aliphatic carbocycles. The van der Waals surface area contributed by atoms with Crippen LogP contribution in [0.25, 0.3) is 4.47 Å². The first-order valence-electron chi connectivity index (χ1n) is 7.28. The molecule has 3 rings (SSSR count). The van der Waals surface area contributed by atoms with E-state index in [0.29, 0.717) is 0 Å². The topological polar surface area (TPSA) is 12.4 Å². The fourth-order valence-electron chi connectivity index (χ4n) is 2.28. The summed E-state index contributed by atoms with van der Waals surface area (Å²) in [5.41, 5.74) is 3.91. The molecule has 1 aliphatic heterocycles. The molecule has 0 N–H and O–H groups in total. The summed E-state index contributed by atoms with van der Waals surface area (Å²) in [6, 6.07) is 19.0. The Morgan fingerprint density at radius 2 is 1.50 bits per heavy atom. The zero-order valence-corrected chi connectivity index (χ0v) is 16.8. The van der Waals surface area contributed by atoms with Crippen LogP contribution < -0.4 is 0 Å². The van der Waals surface area contributed by atoms with Gasteiger partial charge in [-0.25, -0.2) is 0 Å². The number of para-hydroxylation sites is 1. The fourth-order valence-corrected chi connectivity index (χ4v) is 5.90. The Morgan fingerprint density at radius 1 is 0.909 bits per heavy atom. The molecular weight excluding hydrogens is 448 g/mol. The van der Waals surface area contributed by atoms with Crippen molar-refractivity contribution >= 4 is 52.3 Å². The summed E-state index contributed by atoms with van der Waals surface area (Å²) in [6.45, 7) is 6.85. The third-order valence-electron chi connectivity index (χ3n) is 3.45. The van der Waals surface area contributed by atoms with Gasteiger partial charge in [-0.3, -0.25) is 0 Å². The molecule has 0 radical (unpaired) electrons. The second-order valence-electron chi connectivity index (χ2n) is 6.29. The predicted molar refractivity (Wildman–Crippen MR) is 105 cm³/mol. The van der Waals surface area contributed by atoms with Crippen LogP contribution in [0.3, 0.4) is 0 Å². The molecule has 2 aromatic rings. The molecule has 2 aromatic carbocycles. The Morgan fingerprint density at radius 3 is 2.14 bits per heavy atom. The minimum atomic E-state index is 0.187. The molecule has 0 spiro atoms. The van der Waals surface area contributed by atoms with E-state index < -0.39 is 0 Å². The molecule has 0 saturated heterocycles. The van der Waals surface area contributed by atoms with Gasteiger partial charge >= 0.3 is 153 Å². The third kappa shape index (κ3) is 3.22. The van der Waals surface area contributed by atoms with E-state index in [9.17, 15) is 0 Å². The molecular formula is C19H18INSe. The van der Waals surface area contributed by atoms with Crippen molar-refractivity contribution < 1.29 is 0 Å². The van der Waals surface area contributed by atoms with Gasteiger partial charge in [0.15, 0.2) is 0 Å². The van der Waals surface area contributed by atoms with Crippen molar-refractivity contribution in [3.63, 3.8) is 0 Å². The summed E-state index contributed by atoms with van der Waals surface area (Å²) in [7, 11) is 0. The van der Waals surface area contributed by atoms with Crippen LogP contribution in [-0.4, -0.2) is 19.6 Å². The minimum absolute atomic E-state index is 0.187. The molecule has 0 amide bonds. The fraction of sp³-hybridized carbons (Fsp3) is 0.211. The molecule has 112 valence electrons. The Bertz CT molecular complexity index is 755. The SMILES string of the molecule is CC(C)(C)/C(I)=C1/[Se]C(=Nc2ccccc2)c2ccccc21. The van der Waals surface area contributed by atoms with Crippen molar-refractivity contribution in [3.05, 3.63) is 69.3 Å². The van der Waals surface area contributed by atoms with Crippen LogP contribution in [0.2, 0.25) is 0 Å². The standard InChI is InChI=1S/C19H18INSe/c1-19(2,3)17(20)16-14-11-7-8-12-15(14)18(22-16)21-13-9-5-4-6-10-13/h4-12H,1-3H3/b17-16-,21-18?. The number of nitrogens with zero attached hydrogens (tertiary/aromatic N) is 1. The van der Waals surface area contributed by atoms with Crippen molar-refractivity contribution in [2.24, 2.45) is 10.4 Å². The summed E-state index contributed by atoms with van der Waals surface area (Å²) in [4.78, 5) is 4.92. The Balaban J connectivity index is 2.13. The van der Waals surface area contributed by atoms with Gasteiger partial charge in [-0.1, -0.05) is 0 Å². The first-order valence-corrected chi connectivity index (χ1v) is 10.1. The predicted octanol–water partition coefficient (Wildman–Crippen LogP) is 5.63. The number of benzene rings is 2. The van der Waals surface area contributed by atoms with Gasteiger partial charge in [0, 0.05) is 0 Å². The van der Waals surface area contributed by atoms with Gasteiger partial charge in [0.2, 0.25) is 0 Å². The van der Waals surface area contributed by atoms with Crippen molar-refractivity contribution in [2.75, 3.05) is 0 Å². The van der Waals surface area contributed by atoms with Crippen LogP contribution in [0.1, 0.15) is 31.9 Å². The van der Waals surface area contributed by atoms with Crippen molar-refractivity contribution in [3.8, 4) is 0 Å². The molecule has 1 heterocycles. The maximum absolute atomic E-state index is 4.92. The van der Waals surface area contributed by atoms with Crippen molar-refractivity contribution in [1.29, 1.82) is 0 Å². The van der Waals surface area contributed by atoms with E-state index >= 15 is 0 Å². The summed E-state index contributed by atoms with van der Waals surface area (Å²) in [5.74, 6) is 0. The van der Waals surface area contributed by atoms with E-state index in [2.05, 4.69) is 79.8 Å². The molecule has 0 fully saturated rings. The third-order valence-corrected chi connectivity index (χ3v) is 8.80. The molecule has 1 nitrogen and oxygen atoms in total. The van der Waals surface area contributed by atoms with Crippen LogP contribution in [0.4, 0.5) is 5.69 Å². The van der Waals surface area contributed by atoms with Gasteiger partial charge in [-0.05, 0) is 0 Å². The van der Waals surface area contributed by atoms with Crippen LogP contribution in [-0.2, 0) is 0 Å². The van der Waals surface area contributed by atoms with Crippen molar-refractivity contribution in [2.45, 2.75) is 20.8 Å². The molecule has 0 atom stereocenters. The van der Waals surface area contributed by atoms with Crippen LogP contribution >= 0.6 is 22.6 Å². The van der Waals surface area contributed by atoms with Gasteiger partial charge in [0.05, 0.1) is 0 Å². The average molecular weight is 466 g/mol. The molecule has 22 heavy (non-hydrogen) atoms. The van der Waals surface area contributed by atoms with Crippen LogP contribution in [0, 0.1) is 5.41 Å². The van der Waals surface area contributed by atoms with E-state index in [4.69, 9.17) is 4.99 Å². The molecule has 0 unspecified atom stereocenters. The summed E-state index contributed by atoms with van der Waals surface area (Å²) in [6.07, 6.45) is 0. The summed E-state index contributed by atoms with van der Waals surface area (Å²) >= 11 is 2.80. The monoisotopic (exact) mass is 467 g/mol. The molecule has 0 bridgehead atoms. The van der Waals surface area contributed by atoms with E-state index in [1.165, 1.54) is 23.8 Å². The average Bonchev–Trinajstić information content (AvgIpc) is 2.85. The van der Waals surface area contributed by atoms with E-state index in [1.54, 1.807) is 0 Å². The second-order valence-corrected chi connectivity index (χ2v) is 9.47. The summed E-state index contributed by atoms with van der Waals surface area (Å²) < 4.78 is 4.18. The Hall–Kier alpha value is -0.901. The van der Waals surface area contributed by atoms with Gasteiger partial charge in [-0.15, -0.1) is 0 Å². The summed E-state index contributed by atoms with van der Waals surface area (Å²) in [5, 5.41) is 0.